The van der Waals surface area contributed by atoms with Crippen LogP contribution in [0.1, 0.15) is 37.0 Å². The molecule has 2 aromatic carbocycles. The summed E-state index contributed by atoms with van der Waals surface area (Å²) in [5.41, 5.74) is 7.97. The largest absolute Gasteiger partial charge is 0.459 e. The molecule has 0 aliphatic carbocycles. The fourth-order valence-corrected chi connectivity index (χ4v) is 4.05. The second-order valence-electron chi connectivity index (χ2n) is 8.66. The molecule has 2 aromatic rings. The number of rotatable bonds is 9. The van der Waals surface area contributed by atoms with Crippen molar-refractivity contribution in [3.8, 4) is 0 Å². The molecule has 8 heteroatoms. The number of nitrogens with two attached hydrogens (primary N) is 1. The number of aliphatic hydroxyl groups is 1. The van der Waals surface area contributed by atoms with E-state index in [9.17, 15) is 5.11 Å². The third kappa shape index (κ3) is 7.41. The number of benzene rings is 2. The van der Waals surface area contributed by atoms with Crippen molar-refractivity contribution in [1.29, 1.82) is 10.8 Å². The summed E-state index contributed by atoms with van der Waals surface area (Å²) < 4.78 is 5.24. The van der Waals surface area contributed by atoms with Crippen molar-refractivity contribution in [3.63, 3.8) is 0 Å². The molecule has 0 saturated carbocycles. The van der Waals surface area contributed by atoms with Crippen LogP contribution < -0.4 is 11.1 Å². The topological polar surface area (TPSA) is 122 Å². The lowest BCUT2D eigenvalue weighted by atomic mass is 10.0. The monoisotopic (exact) mass is 464 g/mol. The summed E-state index contributed by atoms with van der Waals surface area (Å²) in [6, 6.07) is 17.4. The summed E-state index contributed by atoms with van der Waals surface area (Å²) in [4.78, 5) is 4.30. The van der Waals surface area contributed by atoms with Crippen molar-refractivity contribution in [2.45, 2.75) is 38.1 Å². The summed E-state index contributed by atoms with van der Waals surface area (Å²) in [6.45, 7) is 4.11. The molecule has 6 N–H and O–H groups in total. The molecule has 182 valence electrons. The maximum atomic E-state index is 10.5. The number of nitrogens with zero attached hydrogens (tertiary/aromatic N) is 2. The van der Waals surface area contributed by atoms with Gasteiger partial charge in [-0.05, 0) is 49.6 Å². The Labute approximate surface area is 202 Å². The Hall–Kier alpha value is -3.20. The SMILES string of the molecule is CC(N)OC(=N)c1cccc(N/C=C\C(=N)N(C)C2CCN(CC(O)c3ccccc3)CC2)c1. The molecule has 1 aliphatic rings. The van der Waals surface area contributed by atoms with Crippen LogP contribution in [0.3, 0.4) is 0 Å². The van der Waals surface area contributed by atoms with Gasteiger partial charge < -0.3 is 25.0 Å². The van der Waals surface area contributed by atoms with Gasteiger partial charge in [-0.3, -0.25) is 16.6 Å². The summed E-state index contributed by atoms with van der Waals surface area (Å²) in [7, 11) is 1.96. The van der Waals surface area contributed by atoms with Crippen LogP contribution in [-0.2, 0) is 4.74 Å². The lowest BCUT2D eigenvalue weighted by Crippen LogP contribution is -2.45. The van der Waals surface area contributed by atoms with E-state index in [2.05, 4.69) is 10.2 Å². The number of amidine groups is 1. The van der Waals surface area contributed by atoms with Gasteiger partial charge in [0, 0.05) is 50.2 Å². The Bertz CT molecular complexity index is 970. The van der Waals surface area contributed by atoms with Gasteiger partial charge in [-0.1, -0.05) is 36.4 Å². The zero-order valence-corrected chi connectivity index (χ0v) is 19.9. The Kier molecular flexibility index (Phi) is 9.21. The van der Waals surface area contributed by atoms with Gasteiger partial charge in [0.1, 0.15) is 12.1 Å². The van der Waals surface area contributed by atoms with Gasteiger partial charge in [-0.2, -0.15) is 0 Å². The molecule has 0 bridgehead atoms. The number of hydrogen-bond donors (Lipinski definition) is 5. The van der Waals surface area contributed by atoms with Crippen molar-refractivity contribution in [2.24, 2.45) is 5.73 Å². The van der Waals surface area contributed by atoms with Gasteiger partial charge in [-0.15, -0.1) is 0 Å². The van der Waals surface area contributed by atoms with Crippen LogP contribution in [0, 0.1) is 10.8 Å². The van der Waals surface area contributed by atoms with Gasteiger partial charge in [0.25, 0.3) is 0 Å². The van der Waals surface area contributed by atoms with E-state index >= 15 is 0 Å². The number of ether oxygens (including phenoxy) is 1. The minimum atomic E-state index is -0.541. The van der Waals surface area contributed by atoms with Crippen molar-refractivity contribution < 1.29 is 9.84 Å². The van der Waals surface area contributed by atoms with Crippen molar-refractivity contribution >= 4 is 17.4 Å². The molecule has 0 spiro atoms. The van der Waals surface area contributed by atoms with E-state index in [0.717, 1.165) is 37.2 Å². The molecule has 2 atom stereocenters. The first kappa shape index (κ1) is 25.4. The van der Waals surface area contributed by atoms with E-state index in [-0.39, 0.29) is 5.90 Å². The highest BCUT2D eigenvalue weighted by molar-refractivity contribution is 5.93. The minimum absolute atomic E-state index is 0.0257. The number of β-amino-alcohol motifs (C(OH)–C–C–N with tert-alkyl or cyclic N) is 1. The van der Waals surface area contributed by atoms with Crippen LogP contribution in [0.5, 0.6) is 0 Å². The van der Waals surface area contributed by atoms with Crippen molar-refractivity contribution in [3.05, 3.63) is 78.0 Å². The highest BCUT2D eigenvalue weighted by Crippen LogP contribution is 2.20. The summed E-state index contributed by atoms with van der Waals surface area (Å²) in [5.74, 6) is 0.456. The molecule has 1 fully saturated rings. The molecule has 1 aliphatic heterocycles. The lowest BCUT2D eigenvalue weighted by Gasteiger charge is -2.38. The van der Waals surface area contributed by atoms with E-state index in [1.165, 1.54) is 0 Å². The molecule has 8 nitrogen and oxygen atoms in total. The van der Waals surface area contributed by atoms with E-state index in [1.54, 1.807) is 25.3 Å². The molecule has 0 radical (unpaired) electrons. The highest BCUT2D eigenvalue weighted by Gasteiger charge is 2.24. The molecule has 1 heterocycles. The molecule has 1 saturated heterocycles. The fraction of sp³-hybridized carbons (Fsp3) is 0.385. The zero-order valence-electron chi connectivity index (χ0n) is 19.9. The first-order valence-corrected chi connectivity index (χ1v) is 11.6. The summed E-state index contributed by atoms with van der Waals surface area (Å²) in [6.07, 6.45) is 4.36. The van der Waals surface area contributed by atoms with Crippen LogP contribution in [-0.4, -0.2) is 65.6 Å². The summed E-state index contributed by atoms with van der Waals surface area (Å²) in [5, 5.41) is 30.0. The van der Waals surface area contributed by atoms with Gasteiger partial charge in [-0.25, -0.2) is 0 Å². The maximum Gasteiger partial charge on any atom is 0.214 e. The van der Waals surface area contributed by atoms with Gasteiger partial charge in [0.2, 0.25) is 5.90 Å². The number of likely N-dealkylation sites (N-methyl/N-ethyl adjacent to an activating group) is 1. The summed E-state index contributed by atoms with van der Waals surface area (Å²) >= 11 is 0. The second kappa shape index (κ2) is 12.3. The Morgan fingerprint density at radius 1 is 1.21 bits per heavy atom. The fourth-order valence-electron chi connectivity index (χ4n) is 4.05. The molecule has 3 rings (SSSR count). The van der Waals surface area contributed by atoms with Crippen LogP contribution in [0.25, 0.3) is 0 Å². The average molecular weight is 465 g/mol. The lowest BCUT2D eigenvalue weighted by molar-refractivity contribution is 0.0858. The van der Waals surface area contributed by atoms with E-state index in [0.29, 0.717) is 24.0 Å². The average Bonchev–Trinajstić information content (AvgIpc) is 2.84. The van der Waals surface area contributed by atoms with E-state index in [1.807, 2.05) is 60.5 Å². The predicted molar refractivity (Wildman–Crippen MR) is 137 cm³/mol. The van der Waals surface area contributed by atoms with Crippen molar-refractivity contribution in [1.82, 2.24) is 9.80 Å². The number of aliphatic hydroxyl groups excluding tert-OH is 1. The zero-order chi connectivity index (χ0) is 24.5. The Morgan fingerprint density at radius 3 is 2.59 bits per heavy atom. The minimum Gasteiger partial charge on any atom is -0.459 e. The van der Waals surface area contributed by atoms with Gasteiger partial charge >= 0.3 is 0 Å². The van der Waals surface area contributed by atoms with Gasteiger partial charge in [0.15, 0.2) is 0 Å². The van der Waals surface area contributed by atoms with Gasteiger partial charge in [0.05, 0.1) is 6.10 Å². The third-order valence-corrected chi connectivity index (χ3v) is 6.02. The van der Waals surface area contributed by atoms with Crippen LogP contribution in [0.4, 0.5) is 5.69 Å². The quantitative estimate of drug-likeness (QED) is 0.220. The number of piperidine rings is 1. The second-order valence-corrected chi connectivity index (χ2v) is 8.66. The highest BCUT2D eigenvalue weighted by atomic mass is 16.5. The molecule has 34 heavy (non-hydrogen) atoms. The first-order valence-electron chi connectivity index (χ1n) is 11.6. The maximum absolute atomic E-state index is 10.5. The van der Waals surface area contributed by atoms with Crippen LogP contribution >= 0.6 is 0 Å². The third-order valence-electron chi connectivity index (χ3n) is 6.02. The Morgan fingerprint density at radius 2 is 1.91 bits per heavy atom. The first-order chi connectivity index (χ1) is 16.3. The smallest absolute Gasteiger partial charge is 0.214 e. The Balaban J connectivity index is 1.45. The van der Waals surface area contributed by atoms with Crippen molar-refractivity contribution in [2.75, 3.05) is 32.0 Å². The van der Waals surface area contributed by atoms with E-state index < -0.39 is 12.3 Å². The molecular weight excluding hydrogens is 428 g/mol. The molecular formula is C26H36N6O2. The number of anilines is 1. The number of likely N-dealkylation sites (tertiary alicyclic amines) is 1. The standard InChI is InChI=1S/C26H36N6O2/c1-19(27)34-26(29)21-9-6-10-22(17-21)30-14-11-25(28)31(2)23-12-15-32(16-13-23)18-24(33)20-7-4-3-5-8-20/h3-11,14,17,19,23-24,28-30,33H,12-13,15-16,18,27H2,1-2H3/b14-11-,28-25?,29-26?. The number of nitrogens with one attached hydrogen (secondary N) is 3. The van der Waals surface area contributed by atoms with Crippen LogP contribution in [0.2, 0.25) is 0 Å². The molecule has 0 amide bonds. The number of hydrogen-bond acceptors (Lipinski definition) is 7. The predicted octanol–water partition coefficient (Wildman–Crippen LogP) is 3.37. The van der Waals surface area contributed by atoms with Crippen LogP contribution in [0.15, 0.2) is 66.9 Å². The normalized spacial score (nSPS) is 16.7. The molecule has 0 aromatic heterocycles. The molecule has 2 unspecified atom stereocenters. The van der Waals surface area contributed by atoms with E-state index in [4.69, 9.17) is 21.3 Å².